The van der Waals surface area contributed by atoms with Crippen LogP contribution in [0.15, 0.2) is 18.2 Å². The fourth-order valence-corrected chi connectivity index (χ4v) is 2.09. The van der Waals surface area contributed by atoms with Crippen LogP contribution < -0.4 is 9.64 Å². The van der Waals surface area contributed by atoms with E-state index in [0.29, 0.717) is 18.7 Å². The van der Waals surface area contributed by atoms with Gasteiger partial charge in [0.1, 0.15) is 17.7 Å². The topological polar surface area (TPSA) is 56.2 Å². The predicted molar refractivity (Wildman–Crippen MR) is 69.9 cm³/mol. The van der Waals surface area contributed by atoms with E-state index in [1.807, 2.05) is 27.1 Å². The summed E-state index contributed by atoms with van der Waals surface area (Å²) in [4.78, 5) is 3.86. The number of fused-ring (bicyclic) bond motifs is 1. The van der Waals surface area contributed by atoms with Crippen LogP contribution in [0, 0.1) is 0 Å². The summed E-state index contributed by atoms with van der Waals surface area (Å²) in [7, 11) is 3.70. The van der Waals surface area contributed by atoms with Gasteiger partial charge in [-0.25, -0.2) is 0 Å². The van der Waals surface area contributed by atoms with Gasteiger partial charge in [-0.1, -0.05) is 0 Å². The highest BCUT2D eigenvalue weighted by molar-refractivity contribution is 5.64. The number of anilines is 1. The molecule has 0 spiro atoms. The third-order valence-corrected chi connectivity index (χ3v) is 3.21. The minimum absolute atomic E-state index is 0.0730. The number of ether oxygens (including phenoxy) is 1. The van der Waals surface area contributed by atoms with Gasteiger partial charge in [0.25, 0.3) is 0 Å². The van der Waals surface area contributed by atoms with Crippen LogP contribution in [0.5, 0.6) is 11.5 Å². The van der Waals surface area contributed by atoms with Gasteiger partial charge in [0.15, 0.2) is 6.23 Å². The Kier molecular flexibility index (Phi) is 3.63. The molecule has 1 aliphatic rings. The number of hydrogen-bond donors (Lipinski definition) is 2. The number of aromatic hydroxyl groups is 1. The Labute approximate surface area is 107 Å². The Morgan fingerprint density at radius 3 is 2.83 bits per heavy atom. The zero-order valence-corrected chi connectivity index (χ0v) is 11.0. The molecule has 5 heteroatoms. The van der Waals surface area contributed by atoms with Crippen LogP contribution in [0.3, 0.4) is 0 Å². The lowest BCUT2D eigenvalue weighted by Gasteiger charge is -2.25. The molecule has 1 aromatic carbocycles. The predicted octanol–water partition coefficient (Wildman–Crippen LogP) is 1.21. The summed E-state index contributed by atoms with van der Waals surface area (Å²) in [5, 5.41) is 19.2. The normalized spacial score (nSPS) is 19.8. The number of hydrogen-bond acceptors (Lipinski definition) is 5. The molecule has 2 atom stereocenters. The highest BCUT2D eigenvalue weighted by Gasteiger charge is 2.27. The van der Waals surface area contributed by atoms with E-state index in [1.54, 1.807) is 17.0 Å². The minimum Gasteiger partial charge on any atom is -0.508 e. The number of phenolic OH excluding ortho intramolecular Hbond substituents is 1. The molecule has 2 N–H and O–H groups in total. The summed E-state index contributed by atoms with van der Waals surface area (Å²) in [6, 6.07) is 5.11. The van der Waals surface area contributed by atoms with E-state index in [9.17, 15) is 10.2 Å². The minimum atomic E-state index is -0.460. The SMILES string of the molecule is CC1Oc2cc(O)ccc2N1CCC(O)N(C)C. The number of benzene rings is 1. The van der Waals surface area contributed by atoms with Gasteiger partial charge in [-0.2, -0.15) is 0 Å². The van der Waals surface area contributed by atoms with E-state index >= 15 is 0 Å². The molecular weight excluding hydrogens is 232 g/mol. The number of phenols is 1. The fraction of sp³-hybridized carbons (Fsp3) is 0.538. The van der Waals surface area contributed by atoms with E-state index in [1.165, 1.54) is 0 Å². The molecule has 0 fully saturated rings. The Hall–Kier alpha value is -1.46. The molecule has 18 heavy (non-hydrogen) atoms. The highest BCUT2D eigenvalue weighted by atomic mass is 16.5. The summed E-state index contributed by atoms with van der Waals surface area (Å²) >= 11 is 0. The summed E-state index contributed by atoms with van der Waals surface area (Å²) in [5.74, 6) is 0.901. The van der Waals surface area contributed by atoms with Crippen LogP contribution in [-0.2, 0) is 0 Å². The fourth-order valence-electron chi connectivity index (χ4n) is 2.09. The second kappa shape index (κ2) is 5.04. The second-order valence-corrected chi connectivity index (χ2v) is 4.80. The molecule has 0 bridgehead atoms. The lowest BCUT2D eigenvalue weighted by molar-refractivity contribution is 0.0341. The standard InChI is InChI=1S/C13H20N2O3/c1-9-15(7-6-13(17)14(2)3)11-5-4-10(16)8-12(11)18-9/h4-5,8-9,13,16-17H,6-7H2,1-3H3. The van der Waals surface area contributed by atoms with Crippen LogP contribution >= 0.6 is 0 Å². The summed E-state index contributed by atoms with van der Waals surface area (Å²) in [5.41, 5.74) is 0.964. The van der Waals surface area contributed by atoms with Gasteiger partial charge in [-0.05, 0) is 33.2 Å². The maximum Gasteiger partial charge on any atom is 0.169 e. The first-order valence-corrected chi connectivity index (χ1v) is 6.10. The summed E-state index contributed by atoms with van der Waals surface area (Å²) in [6.07, 6.45) is 0.107. The van der Waals surface area contributed by atoms with Gasteiger partial charge in [-0.15, -0.1) is 0 Å². The van der Waals surface area contributed by atoms with Gasteiger partial charge in [-0.3, -0.25) is 4.90 Å². The first-order chi connectivity index (χ1) is 8.49. The van der Waals surface area contributed by atoms with E-state index in [0.717, 1.165) is 5.69 Å². The molecule has 0 radical (unpaired) electrons. The van der Waals surface area contributed by atoms with Gasteiger partial charge in [0.2, 0.25) is 0 Å². The molecule has 1 aromatic rings. The first kappa shape index (κ1) is 13.0. The molecule has 0 saturated heterocycles. The maximum atomic E-state index is 9.78. The van der Waals surface area contributed by atoms with Gasteiger partial charge >= 0.3 is 0 Å². The van der Waals surface area contributed by atoms with Crippen LogP contribution in [0.4, 0.5) is 5.69 Å². The zero-order chi connectivity index (χ0) is 13.3. The van der Waals surface area contributed by atoms with Gasteiger partial charge < -0.3 is 19.8 Å². The van der Waals surface area contributed by atoms with Crippen molar-refractivity contribution < 1.29 is 14.9 Å². The second-order valence-electron chi connectivity index (χ2n) is 4.80. The Morgan fingerprint density at radius 1 is 1.44 bits per heavy atom. The quantitative estimate of drug-likeness (QED) is 0.789. The lowest BCUT2D eigenvalue weighted by atomic mass is 10.2. The van der Waals surface area contributed by atoms with Crippen LogP contribution in [0.25, 0.3) is 0 Å². The van der Waals surface area contributed by atoms with E-state index in [-0.39, 0.29) is 12.0 Å². The van der Waals surface area contributed by atoms with Crippen LogP contribution in [-0.4, -0.2) is 48.2 Å². The molecule has 0 aliphatic carbocycles. The van der Waals surface area contributed by atoms with E-state index in [4.69, 9.17) is 4.74 Å². The highest BCUT2D eigenvalue weighted by Crippen LogP contribution is 2.39. The van der Waals surface area contributed by atoms with Crippen LogP contribution in [0.2, 0.25) is 0 Å². The average Bonchev–Trinajstić information content (AvgIpc) is 2.60. The molecule has 0 saturated carbocycles. The number of nitrogens with zero attached hydrogens (tertiary/aromatic N) is 2. The van der Waals surface area contributed by atoms with E-state index in [2.05, 4.69) is 4.90 Å². The molecule has 0 aromatic heterocycles. The molecule has 2 rings (SSSR count). The largest absolute Gasteiger partial charge is 0.508 e. The lowest BCUT2D eigenvalue weighted by Crippen LogP contribution is -2.37. The monoisotopic (exact) mass is 252 g/mol. The van der Waals surface area contributed by atoms with Crippen molar-refractivity contribution in [2.24, 2.45) is 0 Å². The number of aliphatic hydroxyl groups is 1. The third kappa shape index (κ3) is 2.52. The van der Waals surface area contributed by atoms with Crippen molar-refractivity contribution in [3.63, 3.8) is 0 Å². The molecule has 100 valence electrons. The van der Waals surface area contributed by atoms with Crippen molar-refractivity contribution in [2.45, 2.75) is 25.8 Å². The van der Waals surface area contributed by atoms with Crippen molar-refractivity contribution in [3.05, 3.63) is 18.2 Å². The van der Waals surface area contributed by atoms with Gasteiger partial charge in [0, 0.05) is 19.0 Å². The average molecular weight is 252 g/mol. The van der Waals surface area contributed by atoms with Crippen molar-refractivity contribution in [1.82, 2.24) is 4.90 Å². The molecule has 0 amide bonds. The summed E-state index contributed by atoms with van der Waals surface area (Å²) in [6.45, 7) is 2.66. The molecule has 2 unspecified atom stereocenters. The summed E-state index contributed by atoms with van der Waals surface area (Å²) < 4.78 is 5.66. The number of aliphatic hydroxyl groups excluding tert-OH is 1. The number of rotatable bonds is 4. The Balaban J connectivity index is 2.06. The van der Waals surface area contributed by atoms with E-state index < -0.39 is 6.23 Å². The molecule has 5 nitrogen and oxygen atoms in total. The Morgan fingerprint density at radius 2 is 2.17 bits per heavy atom. The Bertz CT molecular complexity index is 423. The van der Waals surface area contributed by atoms with Crippen molar-refractivity contribution >= 4 is 5.69 Å². The molecular formula is C13H20N2O3. The van der Waals surface area contributed by atoms with Crippen LogP contribution in [0.1, 0.15) is 13.3 Å². The van der Waals surface area contributed by atoms with Crippen molar-refractivity contribution in [3.8, 4) is 11.5 Å². The van der Waals surface area contributed by atoms with Crippen molar-refractivity contribution in [2.75, 3.05) is 25.5 Å². The van der Waals surface area contributed by atoms with Gasteiger partial charge in [0.05, 0.1) is 5.69 Å². The first-order valence-electron chi connectivity index (χ1n) is 6.10. The zero-order valence-electron chi connectivity index (χ0n) is 11.0. The van der Waals surface area contributed by atoms with Crippen molar-refractivity contribution in [1.29, 1.82) is 0 Å². The smallest absolute Gasteiger partial charge is 0.169 e. The maximum absolute atomic E-state index is 9.78. The third-order valence-electron chi connectivity index (χ3n) is 3.21. The molecule has 1 heterocycles. The molecule has 1 aliphatic heterocycles.